The fourth-order valence-electron chi connectivity index (χ4n) is 1.80. The predicted octanol–water partition coefficient (Wildman–Crippen LogP) is 3.81. The molecule has 0 radical (unpaired) electrons. The van der Waals surface area contributed by atoms with Crippen molar-refractivity contribution in [1.29, 1.82) is 0 Å². The summed E-state index contributed by atoms with van der Waals surface area (Å²) in [5.74, 6) is 0.813. The zero-order valence-corrected chi connectivity index (χ0v) is 11.5. The van der Waals surface area contributed by atoms with Crippen LogP contribution in [0.3, 0.4) is 0 Å². The van der Waals surface area contributed by atoms with E-state index in [0.717, 1.165) is 11.3 Å². The molecule has 18 heavy (non-hydrogen) atoms. The molecule has 1 unspecified atom stereocenters. The minimum atomic E-state index is -0.473. The van der Waals surface area contributed by atoms with E-state index in [1.165, 1.54) is 4.88 Å². The summed E-state index contributed by atoms with van der Waals surface area (Å²) in [5, 5.41) is 12.2. The van der Waals surface area contributed by atoms with Gasteiger partial charge < -0.3 is 9.84 Å². The Hall–Kier alpha value is -1.32. The summed E-state index contributed by atoms with van der Waals surface area (Å²) in [6.45, 7) is 3.99. The maximum Gasteiger partial charge on any atom is 0.120 e. The van der Waals surface area contributed by atoms with Gasteiger partial charge in [-0.1, -0.05) is 18.2 Å². The van der Waals surface area contributed by atoms with Crippen LogP contribution in [-0.4, -0.2) is 11.2 Å². The molecule has 0 aliphatic rings. The van der Waals surface area contributed by atoms with Gasteiger partial charge in [0.2, 0.25) is 0 Å². The zero-order chi connectivity index (χ0) is 13.0. The number of aliphatic hydroxyl groups is 1. The van der Waals surface area contributed by atoms with E-state index in [1.807, 2.05) is 55.6 Å². The van der Waals surface area contributed by atoms with Gasteiger partial charge in [-0.25, -0.2) is 0 Å². The Balaban J connectivity index is 2.07. The molecule has 3 heteroatoms. The van der Waals surface area contributed by atoms with Gasteiger partial charge >= 0.3 is 0 Å². The molecule has 0 spiro atoms. The van der Waals surface area contributed by atoms with Crippen molar-refractivity contribution in [2.24, 2.45) is 0 Å². The second-order valence-electron chi connectivity index (χ2n) is 4.54. The molecule has 96 valence electrons. The van der Waals surface area contributed by atoms with E-state index in [0.29, 0.717) is 6.42 Å². The number of ether oxygens (including phenoxy) is 1. The molecule has 1 aromatic carbocycles. The van der Waals surface area contributed by atoms with Crippen LogP contribution < -0.4 is 4.74 Å². The molecule has 0 aliphatic carbocycles. The lowest BCUT2D eigenvalue weighted by atomic mass is 10.1. The third-order valence-corrected chi connectivity index (χ3v) is 3.49. The van der Waals surface area contributed by atoms with Gasteiger partial charge in [0.15, 0.2) is 0 Å². The summed E-state index contributed by atoms with van der Waals surface area (Å²) in [6.07, 6.45) is 0.331. The lowest BCUT2D eigenvalue weighted by Crippen LogP contribution is -2.06. The van der Waals surface area contributed by atoms with Crippen molar-refractivity contribution in [3.05, 3.63) is 52.2 Å². The highest BCUT2D eigenvalue weighted by Crippen LogP contribution is 2.24. The van der Waals surface area contributed by atoms with Crippen molar-refractivity contribution in [3.8, 4) is 5.75 Å². The first-order valence-electron chi connectivity index (χ1n) is 6.12. The molecule has 1 heterocycles. The topological polar surface area (TPSA) is 29.5 Å². The van der Waals surface area contributed by atoms with Crippen LogP contribution in [0.1, 0.15) is 30.4 Å². The molecule has 1 atom stereocenters. The third kappa shape index (κ3) is 3.59. The molecule has 1 N–H and O–H groups in total. The Bertz CT molecular complexity index is 477. The van der Waals surface area contributed by atoms with E-state index in [1.54, 1.807) is 11.3 Å². The summed E-state index contributed by atoms with van der Waals surface area (Å²) in [6, 6.07) is 11.7. The molecule has 0 fully saturated rings. The molecular formula is C15H18O2S. The van der Waals surface area contributed by atoms with Gasteiger partial charge in [-0.2, -0.15) is 0 Å². The van der Waals surface area contributed by atoms with Gasteiger partial charge in [-0.3, -0.25) is 0 Å². The van der Waals surface area contributed by atoms with Crippen molar-refractivity contribution >= 4 is 11.3 Å². The lowest BCUT2D eigenvalue weighted by Gasteiger charge is -2.14. The quantitative estimate of drug-likeness (QED) is 0.887. The molecule has 0 amide bonds. The highest BCUT2D eigenvalue weighted by molar-refractivity contribution is 7.09. The molecule has 0 aliphatic heterocycles. The van der Waals surface area contributed by atoms with Crippen LogP contribution in [0.5, 0.6) is 5.75 Å². The van der Waals surface area contributed by atoms with Gasteiger partial charge in [-0.05, 0) is 43.0 Å². The Morgan fingerprint density at radius 1 is 1.22 bits per heavy atom. The van der Waals surface area contributed by atoms with E-state index in [9.17, 15) is 5.11 Å². The smallest absolute Gasteiger partial charge is 0.120 e. The van der Waals surface area contributed by atoms with Crippen LogP contribution >= 0.6 is 11.3 Å². The van der Waals surface area contributed by atoms with Crippen molar-refractivity contribution in [2.45, 2.75) is 32.5 Å². The number of thiophene rings is 1. The largest absolute Gasteiger partial charge is 0.491 e. The van der Waals surface area contributed by atoms with Gasteiger partial charge in [0, 0.05) is 11.3 Å². The molecule has 0 saturated carbocycles. The summed E-state index contributed by atoms with van der Waals surface area (Å²) >= 11 is 1.67. The normalized spacial score (nSPS) is 12.7. The van der Waals surface area contributed by atoms with Crippen molar-refractivity contribution < 1.29 is 9.84 Å². The van der Waals surface area contributed by atoms with E-state index in [2.05, 4.69) is 0 Å². The van der Waals surface area contributed by atoms with Crippen LogP contribution in [0.25, 0.3) is 0 Å². The second-order valence-corrected chi connectivity index (χ2v) is 5.57. The molecular weight excluding hydrogens is 244 g/mol. The minimum absolute atomic E-state index is 0.148. The van der Waals surface area contributed by atoms with Crippen molar-refractivity contribution in [1.82, 2.24) is 0 Å². The molecule has 2 rings (SSSR count). The standard InChI is InChI=1S/C15H18O2S/c1-11(2)17-13-6-3-5-12(9-13)15(16)10-14-7-4-8-18-14/h3-9,11,15-16H,10H2,1-2H3. The fraction of sp³-hybridized carbons (Fsp3) is 0.333. The van der Waals surface area contributed by atoms with Gasteiger partial charge in [0.05, 0.1) is 12.2 Å². The number of aliphatic hydroxyl groups excluding tert-OH is 1. The van der Waals surface area contributed by atoms with E-state index in [-0.39, 0.29) is 6.10 Å². The maximum absolute atomic E-state index is 10.2. The van der Waals surface area contributed by atoms with Gasteiger partial charge in [0.25, 0.3) is 0 Å². The average Bonchev–Trinajstić information content (AvgIpc) is 2.81. The minimum Gasteiger partial charge on any atom is -0.491 e. The van der Waals surface area contributed by atoms with Crippen LogP contribution in [0, 0.1) is 0 Å². The van der Waals surface area contributed by atoms with Crippen molar-refractivity contribution in [2.75, 3.05) is 0 Å². The molecule has 1 aromatic heterocycles. The molecule has 0 bridgehead atoms. The number of benzene rings is 1. The van der Waals surface area contributed by atoms with E-state index >= 15 is 0 Å². The maximum atomic E-state index is 10.2. The van der Waals surface area contributed by atoms with E-state index < -0.39 is 6.10 Å². The number of hydrogen-bond donors (Lipinski definition) is 1. The van der Waals surface area contributed by atoms with Crippen LogP contribution in [-0.2, 0) is 6.42 Å². The predicted molar refractivity (Wildman–Crippen MR) is 75.2 cm³/mol. The highest BCUT2D eigenvalue weighted by atomic mass is 32.1. The van der Waals surface area contributed by atoms with Crippen LogP contribution in [0.2, 0.25) is 0 Å². The second kappa shape index (κ2) is 6.03. The summed E-state index contributed by atoms with van der Waals surface area (Å²) in [5.41, 5.74) is 0.904. The first kappa shape index (κ1) is 13.1. The average molecular weight is 262 g/mol. The lowest BCUT2D eigenvalue weighted by molar-refractivity contribution is 0.178. The van der Waals surface area contributed by atoms with E-state index in [4.69, 9.17) is 4.74 Å². The third-order valence-electron chi connectivity index (χ3n) is 2.59. The Morgan fingerprint density at radius 2 is 2.06 bits per heavy atom. The van der Waals surface area contributed by atoms with Crippen LogP contribution in [0.4, 0.5) is 0 Å². The van der Waals surface area contributed by atoms with Gasteiger partial charge in [0.1, 0.15) is 5.75 Å². The number of hydrogen-bond acceptors (Lipinski definition) is 3. The molecule has 0 saturated heterocycles. The van der Waals surface area contributed by atoms with Gasteiger partial charge in [-0.15, -0.1) is 11.3 Å². The first-order chi connectivity index (χ1) is 8.65. The monoisotopic (exact) mass is 262 g/mol. The Morgan fingerprint density at radius 3 is 2.72 bits per heavy atom. The first-order valence-corrected chi connectivity index (χ1v) is 7.00. The van der Waals surface area contributed by atoms with Crippen LogP contribution in [0.15, 0.2) is 41.8 Å². The highest BCUT2D eigenvalue weighted by Gasteiger charge is 2.10. The Kier molecular flexibility index (Phi) is 4.39. The summed E-state index contributed by atoms with van der Waals surface area (Å²) < 4.78 is 5.63. The zero-order valence-electron chi connectivity index (χ0n) is 10.7. The molecule has 2 nitrogen and oxygen atoms in total. The Labute approximate surface area is 112 Å². The summed E-state index contributed by atoms with van der Waals surface area (Å²) in [7, 11) is 0. The summed E-state index contributed by atoms with van der Waals surface area (Å²) in [4.78, 5) is 1.19. The molecule has 2 aromatic rings. The number of rotatable bonds is 5. The van der Waals surface area contributed by atoms with Crippen molar-refractivity contribution in [3.63, 3.8) is 0 Å². The fourth-order valence-corrected chi connectivity index (χ4v) is 2.55. The SMILES string of the molecule is CC(C)Oc1cccc(C(O)Cc2cccs2)c1.